The fourth-order valence-electron chi connectivity index (χ4n) is 2.77. The molecule has 1 unspecified atom stereocenters. The minimum Gasteiger partial charge on any atom is -0.444 e. The van der Waals surface area contributed by atoms with E-state index in [1.165, 1.54) is 23.3 Å². The lowest BCUT2D eigenvalue weighted by Crippen LogP contribution is -2.27. The number of hydrogen-bond donors (Lipinski definition) is 1. The van der Waals surface area contributed by atoms with Crippen LogP contribution in [-0.4, -0.2) is 39.8 Å². The molecular weight excluding hydrogens is 341 g/mol. The molecule has 2 N–H and O–H groups in total. The summed E-state index contributed by atoms with van der Waals surface area (Å²) in [5.74, 6) is -0.365. The van der Waals surface area contributed by atoms with Crippen molar-refractivity contribution in [2.45, 2.75) is 12.6 Å². The second-order valence-electron chi connectivity index (χ2n) is 5.90. The number of halogens is 1. The van der Waals surface area contributed by atoms with E-state index in [1.807, 2.05) is 4.57 Å². The predicted molar refractivity (Wildman–Crippen MR) is 89.9 cm³/mol. The Morgan fingerprint density at radius 3 is 2.96 bits per heavy atom. The van der Waals surface area contributed by atoms with Gasteiger partial charge in [-0.1, -0.05) is 0 Å². The van der Waals surface area contributed by atoms with Gasteiger partial charge in [-0.15, -0.1) is 0 Å². The first-order chi connectivity index (χ1) is 12.6. The number of cyclic esters (lactones) is 1. The van der Waals surface area contributed by atoms with Gasteiger partial charge in [0.2, 0.25) is 5.89 Å². The summed E-state index contributed by atoms with van der Waals surface area (Å²) in [5, 5.41) is 0. The van der Waals surface area contributed by atoms with Crippen LogP contribution in [0.5, 0.6) is 0 Å². The van der Waals surface area contributed by atoms with Gasteiger partial charge in [0.05, 0.1) is 36.4 Å². The third-order valence-electron chi connectivity index (χ3n) is 4.09. The Morgan fingerprint density at radius 1 is 1.38 bits per heavy atom. The second-order valence-corrected chi connectivity index (χ2v) is 5.90. The molecule has 1 atom stereocenters. The van der Waals surface area contributed by atoms with Gasteiger partial charge in [0.1, 0.15) is 18.2 Å². The first-order valence-corrected chi connectivity index (χ1v) is 8.02. The van der Waals surface area contributed by atoms with Gasteiger partial charge in [0.25, 0.3) is 0 Å². The van der Waals surface area contributed by atoms with Crippen LogP contribution < -0.4 is 10.6 Å². The van der Waals surface area contributed by atoms with Crippen molar-refractivity contribution in [1.82, 2.24) is 14.5 Å². The molecule has 134 valence electrons. The lowest BCUT2D eigenvalue weighted by molar-refractivity contribution is 0.145. The molecule has 1 fully saturated rings. The molecule has 9 heteroatoms. The number of rotatable bonds is 5. The quantitative estimate of drug-likeness (QED) is 0.750. The molecule has 0 radical (unpaired) electrons. The van der Waals surface area contributed by atoms with Crippen LogP contribution in [0.2, 0.25) is 0 Å². The van der Waals surface area contributed by atoms with Crippen LogP contribution >= 0.6 is 0 Å². The van der Waals surface area contributed by atoms with Crippen molar-refractivity contribution in [2.24, 2.45) is 5.73 Å². The van der Waals surface area contributed by atoms with E-state index < -0.39 is 11.9 Å². The summed E-state index contributed by atoms with van der Waals surface area (Å²) in [6.07, 6.45) is 5.68. The Balaban J connectivity index is 1.55. The van der Waals surface area contributed by atoms with E-state index in [9.17, 15) is 9.18 Å². The minimum absolute atomic E-state index is 0.174. The van der Waals surface area contributed by atoms with Gasteiger partial charge in [0, 0.05) is 18.9 Å². The fourth-order valence-corrected chi connectivity index (χ4v) is 2.77. The smallest absolute Gasteiger partial charge is 0.414 e. The molecule has 1 saturated heterocycles. The lowest BCUT2D eigenvalue weighted by atomic mass is 10.1. The van der Waals surface area contributed by atoms with Crippen LogP contribution in [0.25, 0.3) is 11.5 Å². The number of benzene rings is 1. The van der Waals surface area contributed by atoms with Crippen LogP contribution in [0.15, 0.2) is 47.6 Å². The number of ether oxygens (including phenoxy) is 1. The van der Waals surface area contributed by atoms with Crippen molar-refractivity contribution in [2.75, 3.05) is 18.0 Å². The number of oxazole rings is 1. The van der Waals surface area contributed by atoms with Gasteiger partial charge < -0.3 is 19.5 Å². The van der Waals surface area contributed by atoms with E-state index in [0.29, 0.717) is 24.5 Å². The predicted octanol–water partition coefficient (Wildman–Crippen LogP) is 2.01. The molecule has 8 nitrogen and oxygen atoms in total. The van der Waals surface area contributed by atoms with Crippen LogP contribution in [0.1, 0.15) is 5.69 Å². The molecule has 4 rings (SSSR count). The largest absolute Gasteiger partial charge is 0.444 e. The van der Waals surface area contributed by atoms with Crippen molar-refractivity contribution >= 4 is 11.8 Å². The Bertz CT molecular complexity index is 924. The summed E-state index contributed by atoms with van der Waals surface area (Å²) in [4.78, 5) is 21.5. The number of anilines is 1. The number of carbonyl (C=O) groups is 1. The monoisotopic (exact) mass is 357 g/mol. The normalized spacial score (nSPS) is 16.9. The maximum Gasteiger partial charge on any atom is 0.414 e. The summed E-state index contributed by atoms with van der Waals surface area (Å²) in [5.41, 5.74) is 6.78. The third-order valence-corrected chi connectivity index (χ3v) is 4.09. The Morgan fingerprint density at radius 2 is 2.27 bits per heavy atom. The number of nitrogens with zero attached hydrogens (tertiary/aromatic N) is 4. The summed E-state index contributed by atoms with van der Waals surface area (Å²) >= 11 is 0. The van der Waals surface area contributed by atoms with Crippen molar-refractivity contribution < 1.29 is 18.3 Å². The van der Waals surface area contributed by atoms with Crippen molar-refractivity contribution in [1.29, 1.82) is 0 Å². The van der Waals surface area contributed by atoms with Crippen LogP contribution in [0, 0.1) is 5.82 Å². The number of aromatic nitrogens is 3. The lowest BCUT2D eigenvalue weighted by Gasteiger charge is -2.13. The summed E-state index contributed by atoms with van der Waals surface area (Å²) < 4.78 is 26.9. The van der Waals surface area contributed by atoms with Crippen molar-refractivity contribution in [3.05, 3.63) is 54.7 Å². The maximum atomic E-state index is 14.6. The first-order valence-electron chi connectivity index (χ1n) is 8.02. The van der Waals surface area contributed by atoms with E-state index in [0.717, 1.165) is 0 Å². The summed E-state index contributed by atoms with van der Waals surface area (Å²) in [6, 6.07) is 4.41. The topological polar surface area (TPSA) is 99.4 Å². The van der Waals surface area contributed by atoms with Crippen LogP contribution in [0.4, 0.5) is 14.9 Å². The number of nitrogens with two attached hydrogens (primary N) is 1. The molecule has 1 aliphatic rings. The van der Waals surface area contributed by atoms with Gasteiger partial charge >= 0.3 is 6.09 Å². The van der Waals surface area contributed by atoms with Crippen molar-refractivity contribution in [3.63, 3.8) is 0 Å². The average molecular weight is 357 g/mol. The molecule has 26 heavy (non-hydrogen) atoms. The fraction of sp³-hybridized carbons (Fsp3) is 0.235. The highest BCUT2D eigenvalue weighted by molar-refractivity contribution is 5.90. The molecule has 0 bridgehead atoms. The molecule has 0 spiro atoms. The van der Waals surface area contributed by atoms with Gasteiger partial charge in [-0.3, -0.25) is 4.90 Å². The molecule has 0 saturated carbocycles. The van der Waals surface area contributed by atoms with Crippen LogP contribution in [0.3, 0.4) is 0 Å². The molecule has 2 aromatic heterocycles. The van der Waals surface area contributed by atoms with E-state index in [4.69, 9.17) is 14.9 Å². The molecule has 1 aromatic carbocycles. The van der Waals surface area contributed by atoms with Crippen molar-refractivity contribution in [3.8, 4) is 11.5 Å². The highest BCUT2D eigenvalue weighted by Gasteiger charge is 2.31. The summed E-state index contributed by atoms with van der Waals surface area (Å²) in [7, 11) is 0. The standard InChI is InChI=1S/C17H16FN5O3/c18-15-5-12(23-8-13(6-19)26-17(23)24)1-2-14(15)16-21-11(9-25-16)7-22-4-3-20-10-22/h1-5,9-10,13H,6-8,19H2. The van der Waals surface area contributed by atoms with E-state index in [2.05, 4.69) is 9.97 Å². The van der Waals surface area contributed by atoms with Gasteiger partial charge in [-0.2, -0.15) is 0 Å². The minimum atomic E-state index is -0.539. The van der Waals surface area contributed by atoms with Crippen LogP contribution in [-0.2, 0) is 11.3 Å². The zero-order chi connectivity index (χ0) is 18.1. The first kappa shape index (κ1) is 16.3. The Labute approximate surface area is 148 Å². The van der Waals surface area contributed by atoms with Gasteiger partial charge in [0.15, 0.2) is 0 Å². The zero-order valence-corrected chi connectivity index (χ0v) is 13.7. The zero-order valence-electron chi connectivity index (χ0n) is 13.7. The number of imidazole rings is 1. The third kappa shape index (κ3) is 3.04. The molecule has 1 amide bonds. The Kier molecular flexibility index (Phi) is 4.13. The molecule has 1 aliphatic heterocycles. The maximum absolute atomic E-state index is 14.6. The van der Waals surface area contributed by atoms with Gasteiger partial charge in [-0.25, -0.2) is 19.2 Å². The molecule has 3 aromatic rings. The molecule has 0 aliphatic carbocycles. The number of carbonyl (C=O) groups excluding carboxylic acids is 1. The highest BCUT2D eigenvalue weighted by atomic mass is 19.1. The SMILES string of the molecule is NCC1CN(c2ccc(-c3nc(Cn4ccnc4)co3)c(F)c2)C(=O)O1. The second kappa shape index (κ2) is 6.60. The molecule has 3 heterocycles. The van der Waals surface area contributed by atoms with E-state index in [-0.39, 0.29) is 24.1 Å². The number of hydrogen-bond acceptors (Lipinski definition) is 6. The summed E-state index contributed by atoms with van der Waals surface area (Å²) in [6.45, 7) is 0.990. The molecular formula is C17H16FN5O3. The van der Waals surface area contributed by atoms with E-state index in [1.54, 1.807) is 24.8 Å². The van der Waals surface area contributed by atoms with Gasteiger partial charge in [-0.05, 0) is 18.2 Å². The van der Waals surface area contributed by atoms with E-state index >= 15 is 0 Å². The average Bonchev–Trinajstić information content (AvgIpc) is 3.36. The highest BCUT2D eigenvalue weighted by Crippen LogP contribution is 2.28. The Hall–Kier alpha value is -3.20. The number of amides is 1.